The zero-order chi connectivity index (χ0) is 10.7. The number of nitrogens with two attached hydrogens (primary N) is 1. The summed E-state index contributed by atoms with van der Waals surface area (Å²) in [5, 5.41) is 7.16. The highest BCUT2D eigenvalue weighted by molar-refractivity contribution is 5.02. The highest BCUT2D eigenvalue weighted by Gasteiger charge is 2.22. The minimum Gasteiger partial charge on any atom is -0.372 e. The molecule has 0 amide bonds. The lowest BCUT2D eigenvalue weighted by molar-refractivity contribution is 0.103. The van der Waals surface area contributed by atoms with E-state index in [1.807, 2.05) is 0 Å². The fourth-order valence-corrected chi connectivity index (χ4v) is 2.12. The van der Waals surface area contributed by atoms with Gasteiger partial charge in [-0.15, -0.1) is 0 Å². The van der Waals surface area contributed by atoms with Crippen molar-refractivity contribution in [1.82, 2.24) is 15.2 Å². The maximum absolute atomic E-state index is 5.56. The van der Waals surface area contributed by atoms with Gasteiger partial charge in [0, 0.05) is 19.6 Å². The summed E-state index contributed by atoms with van der Waals surface area (Å²) in [6.07, 6.45) is 4.84. The average Bonchev–Trinajstić information content (AvgIpc) is 2.89. The maximum Gasteiger partial charge on any atom is 0.180 e. The summed E-state index contributed by atoms with van der Waals surface area (Å²) in [7, 11) is 1.63. The number of rotatable bonds is 4. The number of nitrogens with one attached hydrogen (secondary N) is 1. The molecule has 1 aromatic heterocycles. The van der Waals surface area contributed by atoms with Gasteiger partial charge in [0.25, 0.3) is 0 Å². The molecule has 3 N–H and O–H groups in total. The SMILES string of the molecule is COC(CN)c1n[nH]c(C2CCCC2)n1. The van der Waals surface area contributed by atoms with E-state index in [-0.39, 0.29) is 6.10 Å². The predicted octanol–water partition coefficient (Wildman–Crippen LogP) is 1.11. The second-order valence-corrected chi connectivity index (χ2v) is 4.02. The van der Waals surface area contributed by atoms with Gasteiger partial charge >= 0.3 is 0 Å². The van der Waals surface area contributed by atoms with Gasteiger partial charge in [-0.3, -0.25) is 5.10 Å². The molecule has 0 bridgehead atoms. The molecule has 0 spiro atoms. The third-order valence-electron chi connectivity index (χ3n) is 3.05. The summed E-state index contributed by atoms with van der Waals surface area (Å²) in [6, 6.07) is 0. The Morgan fingerprint density at radius 2 is 2.27 bits per heavy atom. The molecule has 0 aromatic carbocycles. The molecular weight excluding hydrogens is 192 g/mol. The fourth-order valence-electron chi connectivity index (χ4n) is 2.12. The normalized spacial score (nSPS) is 19.6. The Morgan fingerprint density at radius 3 is 2.87 bits per heavy atom. The van der Waals surface area contributed by atoms with Gasteiger partial charge in [0.1, 0.15) is 11.9 Å². The molecule has 1 unspecified atom stereocenters. The van der Waals surface area contributed by atoms with Crippen LogP contribution in [-0.2, 0) is 4.74 Å². The molecular formula is C10H18N4O. The quantitative estimate of drug-likeness (QED) is 0.780. The van der Waals surface area contributed by atoms with Gasteiger partial charge in [-0.2, -0.15) is 5.10 Å². The van der Waals surface area contributed by atoms with Gasteiger partial charge in [-0.25, -0.2) is 4.98 Å². The van der Waals surface area contributed by atoms with Crippen molar-refractivity contribution in [1.29, 1.82) is 0 Å². The van der Waals surface area contributed by atoms with Gasteiger partial charge in [0.15, 0.2) is 5.82 Å². The van der Waals surface area contributed by atoms with Crippen LogP contribution in [0.25, 0.3) is 0 Å². The number of aromatic amines is 1. The first kappa shape index (κ1) is 10.6. The van der Waals surface area contributed by atoms with E-state index in [1.54, 1.807) is 7.11 Å². The lowest BCUT2D eigenvalue weighted by atomic mass is 10.1. The van der Waals surface area contributed by atoms with E-state index >= 15 is 0 Å². The molecule has 1 saturated carbocycles. The van der Waals surface area contributed by atoms with Crippen LogP contribution >= 0.6 is 0 Å². The van der Waals surface area contributed by atoms with E-state index in [4.69, 9.17) is 10.5 Å². The first-order valence-corrected chi connectivity index (χ1v) is 5.50. The first-order chi connectivity index (χ1) is 7.35. The Morgan fingerprint density at radius 1 is 1.53 bits per heavy atom. The van der Waals surface area contributed by atoms with Crippen molar-refractivity contribution in [3.63, 3.8) is 0 Å². The minimum atomic E-state index is -0.184. The van der Waals surface area contributed by atoms with Crippen LogP contribution in [0.3, 0.4) is 0 Å². The number of hydrogen-bond acceptors (Lipinski definition) is 4. The Labute approximate surface area is 89.4 Å². The standard InChI is InChI=1S/C10H18N4O/c1-15-8(6-11)10-12-9(13-14-10)7-4-2-3-5-7/h7-8H,2-6,11H2,1H3,(H,12,13,14). The summed E-state index contributed by atoms with van der Waals surface area (Å²) in [5.41, 5.74) is 5.56. The van der Waals surface area contributed by atoms with E-state index in [0.717, 1.165) is 5.82 Å². The Hall–Kier alpha value is -0.940. The summed E-state index contributed by atoms with van der Waals surface area (Å²) in [4.78, 5) is 4.46. The summed E-state index contributed by atoms with van der Waals surface area (Å²) >= 11 is 0. The Balaban J connectivity index is 2.08. The minimum absolute atomic E-state index is 0.184. The third kappa shape index (κ3) is 2.18. The third-order valence-corrected chi connectivity index (χ3v) is 3.05. The molecule has 1 heterocycles. The number of nitrogens with zero attached hydrogens (tertiary/aromatic N) is 2. The summed E-state index contributed by atoms with van der Waals surface area (Å²) in [6.45, 7) is 0.415. The molecule has 5 heteroatoms. The Bertz CT molecular complexity index is 286. The second-order valence-electron chi connectivity index (χ2n) is 4.02. The average molecular weight is 210 g/mol. The molecule has 1 fully saturated rings. The Kier molecular flexibility index (Phi) is 3.33. The van der Waals surface area contributed by atoms with Gasteiger partial charge < -0.3 is 10.5 Å². The van der Waals surface area contributed by atoms with E-state index in [9.17, 15) is 0 Å². The number of ether oxygens (including phenoxy) is 1. The van der Waals surface area contributed by atoms with Crippen molar-refractivity contribution in [3.8, 4) is 0 Å². The predicted molar refractivity (Wildman–Crippen MR) is 56.4 cm³/mol. The van der Waals surface area contributed by atoms with Crippen LogP contribution < -0.4 is 5.73 Å². The molecule has 5 nitrogen and oxygen atoms in total. The number of H-pyrrole nitrogens is 1. The molecule has 1 aliphatic rings. The molecule has 1 aliphatic carbocycles. The van der Waals surface area contributed by atoms with Gasteiger partial charge in [0.2, 0.25) is 0 Å². The van der Waals surface area contributed by atoms with Crippen LogP contribution in [-0.4, -0.2) is 28.8 Å². The monoisotopic (exact) mass is 210 g/mol. The molecule has 0 aliphatic heterocycles. The van der Waals surface area contributed by atoms with Crippen molar-refractivity contribution in [2.75, 3.05) is 13.7 Å². The van der Waals surface area contributed by atoms with Crippen molar-refractivity contribution >= 4 is 0 Å². The van der Waals surface area contributed by atoms with E-state index < -0.39 is 0 Å². The lowest BCUT2D eigenvalue weighted by Crippen LogP contribution is -2.15. The van der Waals surface area contributed by atoms with Crippen molar-refractivity contribution < 1.29 is 4.74 Å². The lowest BCUT2D eigenvalue weighted by Gasteiger charge is -2.07. The highest BCUT2D eigenvalue weighted by atomic mass is 16.5. The number of aromatic nitrogens is 3. The van der Waals surface area contributed by atoms with Crippen molar-refractivity contribution in [3.05, 3.63) is 11.6 Å². The van der Waals surface area contributed by atoms with Crippen LogP contribution in [0.2, 0.25) is 0 Å². The van der Waals surface area contributed by atoms with Gasteiger partial charge in [0.05, 0.1) is 0 Å². The van der Waals surface area contributed by atoms with Crippen molar-refractivity contribution in [2.45, 2.75) is 37.7 Å². The van der Waals surface area contributed by atoms with E-state index in [1.165, 1.54) is 25.7 Å². The molecule has 1 aromatic rings. The molecule has 2 rings (SSSR count). The van der Waals surface area contributed by atoms with Crippen LogP contribution in [0.4, 0.5) is 0 Å². The smallest absolute Gasteiger partial charge is 0.180 e. The van der Waals surface area contributed by atoms with Crippen LogP contribution in [0.15, 0.2) is 0 Å². The zero-order valence-electron chi connectivity index (χ0n) is 9.07. The van der Waals surface area contributed by atoms with Crippen LogP contribution in [0, 0.1) is 0 Å². The molecule has 84 valence electrons. The maximum atomic E-state index is 5.56. The summed E-state index contributed by atoms with van der Waals surface area (Å²) in [5.74, 6) is 2.24. The van der Waals surface area contributed by atoms with Gasteiger partial charge in [-0.1, -0.05) is 12.8 Å². The highest BCUT2D eigenvalue weighted by Crippen LogP contribution is 2.32. The number of hydrogen-bond donors (Lipinski definition) is 2. The molecule has 0 radical (unpaired) electrons. The molecule has 15 heavy (non-hydrogen) atoms. The van der Waals surface area contributed by atoms with Crippen LogP contribution in [0.1, 0.15) is 49.4 Å². The fraction of sp³-hybridized carbons (Fsp3) is 0.800. The molecule has 0 saturated heterocycles. The van der Waals surface area contributed by atoms with Crippen molar-refractivity contribution in [2.24, 2.45) is 5.73 Å². The van der Waals surface area contributed by atoms with Crippen LogP contribution in [0.5, 0.6) is 0 Å². The number of methoxy groups -OCH3 is 1. The largest absolute Gasteiger partial charge is 0.372 e. The topological polar surface area (TPSA) is 76.8 Å². The van der Waals surface area contributed by atoms with Gasteiger partial charge in [-0.05, 0) is 12.8 Å². The zero-order valence-corrected chi connectivity index (χ0v) is 9.07. The molecule has 1 atom stereocenters. The second kappa shape index (κ2) is 4.72. The van der Waals surface area contributed by atoms with E-state index in [0.29, 0.717) is 18.3 Å². The first-order valence-electron chi connectivity index (χ1n) is 5.50. The van der Waals surface area contributed by atoms with E-state index in [2.05, 4.69) is 15.2 Å². The summed E-state index contributed by atoms with van der Waals surface area (Å²) < 4.78 is 5.19.